The van der Waals surface area contributed by atoms with Gasteiger partial charge in [-0.2, -0.15) is 0 Å². The molecule has 0 radical (unpaired) electrons. The lowest BCUT2D eigenvalue weighted by Crippen LogP contribution is -2.30. The summed E-state index contributed by atoms with van der Waals surface area (Å²) in [4.78, 5) is 21.9. The molecule has 11 nitrogen and oxygen atoms in total. The fraction of sp³-hybridized carbons (Fsp3) is 0.600. The molecule has 1 amide bonds. The first-order valence-corrected chi connectivity index (χ1v) is 9.87. The Kier molecular flexibility index (Phi) is 14.8. The number of amides is 1. The predicted octanol–water partition coefficient (Wildman–Crippen LogP) is -0.0759. The Bertz CT molecular complexity index is 640. The second-order valence-electron chi connectivity index (χ2n) is 6.26. The van der Waals surface area contributed by atoms with Crippen molar-refractivity contribution in [1.29, 1.82) is 0 Å². The summed E-state index contributed by atoms with van der Waals surface area (Å²) in [6, 6.07) is 4.52. The molecule has 1 aromatic carbocycles. The Morgan fingerprint density at radius 3 is 1.77 bits per heavy atom. The Balaban J connectivity index is 1.82. The maximum Gasteiger partial charge on any atom is 0.329 e. The Labute approximate surface area is 180 Å². The van der Waals surface area contributed by atoms with E-state index in [1.54, 1.807) is 6.07 Å². The number of hydrogen-bond acceptors (Lipinski definition) is 9. The summed E-state index contributed by atoms with van der Waals surface area (Å²) in [7, 11) is 0. The van der Waals surface area contributed by atoms with Gasteiger partial charge in [-0.05, 0) is 24.1 Å². The number of carboxylic acid groups (broad SMARTS) is 1. The van der Waals surface area contributed by atoms with E-state index in [2.05, 4.69) is 5.32 Å². The zero-order chi connectivity index (χ0) is 22.7. The molecular formula is C20H31NO10. The fourth-order valence-electron chi connectivity index (χ4n) is 2.22. The minimum Gasteiger partial charge on any atom is -0.504 e. The number of benzene rings is 1. The SMILES string of the molecule is O=C(O)COCCOCCOCCOCCOCC(=O)NCCc1ccc(O)c(O)c1. The van der Waals surface area contributed by atoms with Gasteiger partial charge in [0.1, 0.15) is 13.2 Å². The van der Waals surface area contributed by atoms with E-state index in [1.807, 2.05) is 0 Å². The molecule has 0 fully saturated rings. The first-order valence-electron chi connectivity index (χ1n) is 9.87. The number of phenolic OH excluding ortho intramolecular Hbond substituents is 2. The maximum absolute atomic E-state index is 11.7. The van der Waals surface area contributed by atoms with Crippen molar-refractivity contribution in [1.82, 2.24) is 5.32 Å². The Morgan fingerprint density at radius 2 is 1.26 bits per heavy atom. The largest absolute Gasteiger partial charge is 0.504 e. The molecule has 0 aromatic heterocycles. The van der Waals surface area contributed by atoms with Gasteiger partial charge in [0.15, 0.2) is 11.5 Å². The molecule has 31 heavy (non-hydrogen) atoms. The van der Waals surface area contributed by atoms with Crippen LogP contribution in [0.3, 0.4) is 0 Å². The lowest BCUT2D eigenvalue weighted by molar-refractivity contribution is -0.142. The number of carbonyl (C=O) groups is 2. The van der Waals surface area contributed by atoms with Crippen LogP contribution in [-0.4, -0.2) is 99.8 Å². The van der Waals surface area contributed by atoms with Crippen LogP contribution in [0.2, 0.25) is 0 Å². The van der Waals surface area contributed by atoms with E-state index in [1.165, 1.54) is 12.1 Å². The highest BCUT2D eigenvalue weighted by Gasteiger charge is 2.03. The van der Waals surface area contributed by atoms with Crippen LogP contribution in [-0.2, 0) is 39.7 Å². The van der Waals surface area contributed by atoms with E-state index in [4.69, 9.17) is 28.8 Å². The number of nitrogens with one attached hydrogen (secondary N) is 1. The van der Waals surface area contributed by atoms with Crippen LogP contribution in [0.4, 0.5) is 0 Å². The molecule has 4 N–H and O–H groups in total. The monoisotopic (exact) mass is 445 g/mol. The smallest absolute Gasteiger partial charge is 0.329 e. The van der Waals surface area contributed by atoms with E-state index in [0.717, 1.165) is 5.56 Å². The van der Waals surface area contributed by atoms with Crippen LogP contribution < -0.4 is 5.32 Å². The quantitative estimate of drug-likeness (QED) is 0.168. The van der Waals surface area contributed by atoms with Crippen molar-refractivity contribution < 1.29 is 48.6 Å². The Morgan fingerprint density at radius 1 is 0.742 bits per heavy atom. The van der Waals surface area contributed by atoms with Gasteiger partial charge in [-0.1, -0.05) is 6.07 Å². The molecule has 0 aliphatic rings. The standard InChI is InChI=1S/C20H31NO10/c22-17-2-1-16(13-18(17)23)3-4-21-19(24)14-30-11-9-28-7-5-27-6-8-29-10-12-31-15-20(25)26/h1-2,13,22-23H,3-12,14-15H2,(H,21,24)(H,25,26). The van der Waals surface area contributed by atoms with Crippen LogP contribution in [0.15, 0.2) is 18.2 Å². The van der Waals surface area contributed by atoms with E-state index in [9.17, 15) is 19.8 Å². The summed E-state index contributed by atoms with van der Waals surface area (Å²) in [6.07, 6.45) is 0.520. The van der Waals surface area contributed by atoms with Crippen molar-refractivity contribution >= 4 is 11.9 Å². The van der Waals surface area contributed by atoms with Crippen molar-refractivity contribution in [2.75, 3.05) is 72.6 Å². The van der Waals surface area contributed by atoms with Crippen LogP contribution in [0.1, 0.15) is 5.56 Å². The van der Waals surface area contributed by atoms with Crippen molar-refractivity contribution in [3.05, 3.63) is 23.8 Å². The van der Waals surface area contributed by atoms with Gasteiger partial charge in [-0.15, -0.1) is 0 Å². The van der Waals surface area contributed by atoms with E-state index in [-0.39, 0.29) is 43.8 Å². The highest BCUT2D eigenvalue weighted by molar-refractivity contribution is 5.77. The number of ether oxygens (including phenoxy) is 5. The third-order valence-electron chi connectivity index (χ3n) is 3.72. The van der Waals surface area contributed by atoms with Crippen LogP contribution in [0.5, 0.6) is 11.5 Å². The van der Waals surface area contributed by atoms with Crippen molar-refractivity contribution in [3.8, 4) is 11.5 Å². The predicted molar refractivity (Wildman–Crippen MR) is 108 cm³/mol. The average Bonchev–Trinajstić information content (AvgIpc) is 2.73. The molecule has 11 heteroatoms. The summed E-state index contributed by atoms with van der Waals surface area (Å²) in [5, 5.41) is 29.7. The summed E-state index contributed by atoms with van der Waals surface area (Å²) >= 11 is 0. The van der Waals surface area contributed by atoms with Gasteiger partial charge in [0.2, 0.25) is 5.91 Å². The van der Waals surface area contributed by atoms with Crippen LogP contribution in [0.25, 0.3) is 0 Å². The van der Waals surface area contributed by atoms with E-state index >= 15 is 0 Å². The topological polar surface area (TPSA) is 153 Å². The van der Waals surface area contributed by atoms with Crippen molar-refractivity contribution in [2.24, 2.45) is 0 Å². The highest BCUT2D eigenvalue weighted by atomic mass is 16.6. The molecule has 0 aliphatic heterocycles. The summed E-state index contributed by atoms with van der Waals surface area (Å²) in [6.45, 7) is 2.66. The molecule has 0 saturated heterocycles. The normalized spacial score (nSPS) is 10.8. The molecule has 0 bridgehead atoms. The maximum atomic E-state index is 11.7. The molecule has 0 saturated carbocycles. The second kappa shape index (κ2) is 17.3. The van der Waals surface area contributed by atoms with Crippen LogP contribution in [0, 0.1) is 0 Å². The van der Waals surface area contributed by atoms with Crippen LogP contribution >= 0.6 is 0 Å². The number of aliphatic carboxylic acids is 1. The lowest BCUT2D eigenvalue weighted by Gasteiger charge is -2.08. The first kappa shape index (κ1) is 26.6. The minimum atomic E-state index is -1.01. The molecule has 1 rings (SSSR count). The number of carbonyl (C=O) groups excluding carboxylic acids is 1. The zero-order valence-corrected chi connectivity index (χ0v) is 17.4. The molecule has 0 heterocycles. The van der Waals surface area contributed by atoms with Gasteiger partial charge in [0.05, 0.1) is 52.9 Å². The number of hydrogen-bond donors (Lipinski definition) is 4. The molecular weight excluding hydrogens is 414 g/mol. The third kappa shape index (κ3) is 15.1. The summed E-state index contributed by atoms with van der Waals surface area (Å²) < 4.78 is 25.8. The average molecular weight is 445 g/mol. The van der Waals surface area contributed by atoms with Crippen molar-refractivity contribution in [3.63, 3.8) is 0 Å². The van der Waals surface area contributed by atoms with Gasteiger partial charge in [-0.3, -0.25) is 4.79 Å². The first-order chi connectivity index (χ1) is 15.0. The number of carboxylic acids is 1. The summed E-state index contributed by atoms with van der Waals surface area (Å²) in [5.74, 6) is -1.63. The zero-order valence-electron chi connectivity index (χ0n) is 17.4. The third-order valence-corrected chi connectivity index (χ3v) is 3.72. The number of aromatic hydroxyl groups is 2. The second-order valence-corrected chi connectivity index (χ2v) is 6.26. The van der Waals surface area contributed by atoms with E-state index < -0.39 is 5.97 Å². The van der Waals surface area contributed by atoms with Gasteiger partial charge >= 0.3 is 5.97 Å². The molecule has 1 aromatic rings. The minimum absolute atomic E-state index is 0.0752. The fourth-order valence-corrected chi connectivity index (χ4v) is 2.22. The van der Waals surface area contributed by atoms with E-state index in [0.29, 0.717) is 52.6 Å². The Hall–Kier alpha value is -2.44. The molecule has 0 spiro atoms. The molecule has 0 unspecified atom stereocenters. The highest BCUT2D eigenvalue weighted by Crippen LogP contribution is 2.24. The van der Waals surface area contributed by atoms with Gasteiger partial charge in [0.25, 0.3) is 0 Å². The molecule has 0 atom stereocenters. The van der Waals surface area contributed by atoms with Crippen molar-refractivity contribution in [2.45, 2.75) is 6.42 Å². The number of phenols is 2. The van der Waals surface area contributed by atoms with Gasteiger partial charge in [-0.25, -0.2) is 4.79 Å². The molecule has 176 valence electrons. The lowest BCUT2D eigenvalue weighted by atomic mass is 10.1. The van der Waals surface area contributed by atoms with Gasteiger partial charge in [0, 0.05) is 6.54 Å². The summed E-state index contributed by atoms with van der Waals surface area (Å²) in [5.41, 5.74) is 0.795. The van der Waals surface area contributed by atoms with Gasteiger partial charge < -0.3 is 44.3 Å². The molecule has 0 aliphatic carbocycles. The number of rotatable bonds is 19.